The molecular weight excluding hydrogens is 258 g/mol. The third kappa shape index (κ3) is 6.01. The predicted octanol–water partition coefficient (Wildman–Crippen LogP) is 1.42. The maximum Gasteiger partial charge on any atom is 0.323 e. The molecule has 1 aromatic rings. The zero-order valence-electron chi connectivity index (χ0n) is 13.0. The van der Waals surface area contributed by atoms with Crippen molar-refractivity contribution >= 4 is 11.9 Å². The van der Waals surface area contributed by atoms with Crippen molar-refractivity contribution in [1.82, 2.24) is 15.0 Å². The van der Waals surface area contributed by atoms with Crippen LogP contribution in [-0.4, -0.2) is 55.4 Å². The first-order chi connectivity index (χ1) is 9.52. The van der Waals surface area contributed by atoms with Crippen LogP contribution in [0.2, 0.25) is 0 Å². The highest BCUT2D eigenvalue weighted by Gasteiger charge is 2.08. The third-order valence-corrected chi connectivity index (χ3v) is 2.25. The molecule has 0 bridgehead atoms. The fourth-order valence-electron chi connectivity index (χ4n) is 1.36. The molecule has 0 aliphatic rings. The van der Waals surface area contributed by atoms with Crippen molar-refractivity contribution in [2.75, 3.05) is 50.7 Å². The minimum atomic E-state index is 0.313. The van der Waals surface area contributed by atoms with Crippen LogP contribution in [0.4, 0.5) is 11.9 Å². The van der Waals surface area contributed by atoms with Crippen LogP contribution in [0.5, 0.6) is 6.01 Å². The summed E-state index contributed by atoms with van der Waals surface area (Å²) in [6, 6.07) is 0.313. The van der Waals surface area contributed by atoms with Crippen molar-refractivity contribution in [3.63, 3.8) is 0 Å². The normalized spacial score (nSPS) is 10.7. The molecule has 0 amide bonds. The molecule has 1 aromatic heterocycles. The van der Waals surface area contributed by atoms with Gasteiger partial charge in [0.25, 0.3) is 0 Å². The molecule has 0 aliphatic heterocycles. The van der Waals surface area contributed by atoms with Crippen LogP contribution in [0.15, 0.2) is 0 Å². The van der Waals surface area contributed by atoms with Gasteiger partial charge in [-0.2, -0.15) is 15.0 Å². The topological polar surface area (TPSA) is 72.4 Å². The SMILES string of the molecule is CCNc1nc(OCCOCC(C)C)nc(N(C)C)n1. The van der Waals surface area contributed by atoms with Crippen LogP contribution in [0.1, 0.15) is 20.8 Å². The number of rotatable bonds is 9. The Balaban J connectivity index is 2.55. The monoisotopic (exact) mass is 283 g/mol. The van der Waals surface area contributed by atoms with E-state index in [-0.39, 0.29) is 0 Å². The van der Waals surface area contributed by atoms with Gasteiger partial charge < -0.3 is 19.7 Å². The maximum absolute atomic E-state index is 5.51. The van der Waals surface area contributed by atoms with Crippen molar-refractivity contribution in [2.24, 2.45) is 5.92 Å². The molecule has 1 N–H and O–H groups in total. The van der Waals surface area contributed by atoms with Crippen LogP contribution in [0, 0.1) is 5.92 Å². The fourth-order valence-corrected chi connectivity index (χ4v) is 1.36. The molecule has 0 aliphatic carbocycles. The second-order valence-corrected chi connectivity index (χ2v) is 4.98. The molecule has 0 radical (unpaired) electrons. The number of nitrogens with zero attached hydrogens (tertiary/aromatic N) is 4. The van der Waals surface area contributed by atoms with Crippen molar-refractivity contribution < 1.29 is 9.47 Å². The minimum absolute atomic E-state index is 0.313. The number of ether oxygens (including phenoxy) is 2. The Morgan fingerprint density at radius 1 is 1.15 bits per heavy atom. The van der Waals surface area contributed by atoms with Crippen LogP contribution < -0.4 is 15.0 Å². The summed E-state index contributed by atoms with van der Waals surface area (Å²) in [5, 5.41) is 3.06. The highest BCUT2D eigenvalue weighted by atomic mass is 16.5. The van der Waals surface area contributed by atoms with Crippen LogP contribution in [0.25, 0.3) is 0 Å². The van der Waals surface area contributed by atoms with E-state index in [2.05, 4.69) is 34.1 Å². The zero-order valence-corrected chi connectivity index (χ0v) is 13.0. The summed E-state index contributed by atoms with van der Waals surface area (Å²) in [5.74, 6) is 1.60. The molecule has 0 fully saturated rings. The van der Waals surface area contributed by atoms with Gasteiger partial charge in [0.1, 0.15) is 6.61 Å². The molecule has 0 atom stereocenters. The van der Waals surface area contributed by atoms with Crippen molar-refractivity contribution in [3.05, 3.63) is 0 Å². The maximum atomic E-state index is 5.51. The van der Waals surface area contributed by atoms with Gasteiger partial charge in [0.05, 0.1) is 6.61 Å². The average molecular weight is 283 g/mol. The molecule has 20 heavy (non-hydrogen) atoms. The van der Waals surface area contributed by atoms with E-state index in [0.717, 1.165) is 13.2 Å². The highest BCUT2D eigenvalue weighted by molar-refractivity contribution is 5.36. The smallest absolute Gasteiger partial charge is 0.323 e. The second kappa shape index (κ2) is 8.52. The molecule has 0 unspecified atom stereocenters. The second-order valence-electron chi connectivity index (χ2n) is 4.98. The molecule has 7 nitrogen and oxygen atoms in total. The van der Waals surface area contributed by atoms with Crippen molar-refractivity contribution in [3.8, 4) is 6.01 Å². The Kier molecular flexibility index (Phi) is 7.00. The third-order valence-electron chi connectivity index (χ3n) is 2.25. The fraction of sp³-hybridized carbons (Fsp3) is 0.769. The summed E-state index contributed by atoms with van der Waals surface area (Å²) >= 11 is 0. The Labute approximate surface area is 120 Å². The lowest BCUT2D eigenvalue weighted by atomic mass is 10.2. The number of aromatic nitrogens is 3. The van der Waals surface area contributed by atoms with E-state index in [9.17, 15) is 0 Å². The first-order valence-corrected chi connectivity index (χ1v) is 6.90. The average Bonchev–Trinajstić information content (AvgIpc) is 2.38. The molecule has 7 heteroatoms. The number of nitrogens with one attached hydrogen (secondary N) is 1. The molecule has 0 saturated carbocycles. The van der Waals surface area contributed by atoms with E-state index < -0.39 is 0 Å². The van der Waals surface area contributed by atoms with E-state index in [4.69, 9.17) is 9.47 Å². The summed E-state index contributed by atoms with van der Waals surface area (Å²) in [6.45, 7) is 8.63. The molecule has 114 valence electrons. The minimum Gasteiger partial charge on any atom is -0.461 e. The first kappa shape index (κ1) is 16.4. The summed E-state index contributed by atoms with van der Waals surface area (Å²) in [5.41, 5.74) is 0. The van der Waals surface area contributed by atoms with E-state index in [0.29, 0.717) is 37.0 Å². The Bertz CT molecular complexity index is 398. The van der Waals surface area contributed by atoms with Crippen molar-refractivity contribution in [2.45, 2.75) is 20.8 Å². The Morgan fingerprint density at radius 2 is 1.90 bits per heavy atom. The first-order valence-electron chi connectivity index (χ1n) is 6.90. The molecule has 1 heterocycles. The van der Waals surface area contributed by atoms with Gasteiger partial charge in [-0.1, -0.05) is 13.8 Å². The van der Waals surface area contributed by atoms with Crippen LogP contribution >= 0.6 is 0 Å². The van der Waals surface area contributed by atoms with Gasteiger partial charge in [-0.3, -0.25) is 0 Å². The Hall–Kier alpha value is -1.63. The Morgan fingerprint density at radius 3 is 2.50 bits per heavy atom. The number of hydrogen-bond donors (Lipinski definition) is 1. The van der Waals surface area contributed by atoms with Gasteiger partial charge in [0.15, 0.2) is 0 Å². The van der Waals surface area contributed by atoms with Gasteiger partial charge in [0.2, 0.25) is 11.9 Å². The lowest BCUT2D eigenvalue weighted by Crippen LogP contribution is -2.17. The molecule has 0 spiro atoms. The molecular formula is C13H25N5O2. The molecule has 0 aromatic carbocycles. The van der Waals surface area contributed by atoms with Crippen LogP contribution in [-0.2, 0) is 4.74 Å². The number of hydrogen-bond acceptors (Lipinski definition) is 7. The van der Waals surface area contributed by atoms with E-state index in [1.165, 1.54) is 0 Å². The van der Waals surface area contributed by atoms with E-state index >= 15 is 0 Å². The van der Waals surface area contributed by atoms with Gasteiger partial charge in [-0.15, -0.1) is 0 Å². The quantitative estimate of drug-likeness (QED) is 0.687. The van der Waals surface area contributed by atoms with E-state index in [1.807, 2.05) is 25.9 Å². The largest absolute Gasteiger partial charge is 0.461 e. The zero-order chi connectivity index (χ0) is 15.0. The van der Waals surface area contributed by atoms with Gasteiger partial charge in [-0.25, -0.2) is 0 Å². The summed E-state index contributed by atoms with van der Waals surface area (Å²) in [7, 11) is 3.75. The summed E-state index contributed by atoms with van der Waals surface area (Å²) < 4.78 is 11.0. The standard InChI is InChI=1S/C13H25N5O2/c1-6-14-11-15-12(18(4)5)17-13(16-11)20-8-7-19-9-10(2)3/h10H,6-9H2,1-5H3,(H,14,15,16,17). The van der Waals surface area contributed by atoms with Gasteiger partial charge in [-0.05, 0) is 12.8 Å². The predicted molar refractivity (Wildman–Crippen MR) is 79.5 cm³/mol. The molecule has 0 saturated heterocycles. The highest BCUT2D eigenvalue weighted by Crippen LogP contribution is 2.12. The summed E-state index contributed by atoms with van der Waals surface area (Å²) in [4.78, 5) is 14.5. The molecule has 1 rings (SSSR count). The lowest BCUT2D eigenvalue weighted by molar-refractivity contribution is 0.0792. The van der Waals surface area contributed by atoms with E-state index in [1.54, 1.807) is 0 Å². The summed E-state index contributed by atoms with van der Waals surface area (Å²) in [6.07, 6.45) is 0. The van der Waals surface area contributed by atoms with Gasteiger partial charge >= 0.3 is 6.01 Å². The van der Waals surface area contributed by atoms with Crippen LogP contribution in [0.3, 0.4) is 0 Å². The van der Waals surface area contributed by atoms with Gasteiger partial charge in [0, 0.05) is 27.2 Å². The lowest BCUT2D eigenvalue weighted by Gasteiger charge is -2.13. The van der Waals surface area contributed by atoms with Crippen molar-refractivity contribution in [1.29, 1.82) is 0 Å². The number of anilines is 2.